The summed E-state index contributed by atoms with van der Waals surface area (Å²) in [5.41, 5.74) is 3.35. The van der Waals surface area contributed by atoms with E-state index in [-0.39, 0.29) is 0 Å². The number of hydrogen-bond donors (Lipinski definition) is 0. The minimum atomic E-state index is 0.821. The van der Waals surface area contributed by atoms with Crippen LogP contribution >= 0.6 is 0 Å². The molecule has 0 bridgehead atoms. The second-order valence-electron chi connectivity index (χ2n) is 4.33. The molecule has 0 saturated carbocycles. The molecule has 0 N–H and O–H groups in total. The van der Waals surface area contributed by atoms with Gasteiger partial charge in [0.25, 0.3) is 0 Å². The first kappa shape index (κ1) is 11.4. The zero-order chi connectivity index (χ0) is 9.84. The topological polar surface area (TPSA) is 0 Å². The summed E-state index contributed by atoms with van der Waals surface area (Å²) in [5, 5.41) is 0. The SMILES string of the molecule is CCCC1=[C]([Hf])CC(CC(C)C)=C1. The third kappa shape index (κ3) is 3.53. The second-order valence-corrected chi connectivity index (χ2v) is 6.50. The van der Waals surface area contributed by atoms with Crippen LogP contribution < -0.4 is 0 Å². The van der Waals surface area contributed by atoms with Crippen molar-refractivity contribution in [2.24, 2.45) is 5.92 Å². The molecule has 1 rings (SSSR count). The monoisotopic (exact) mass is 343 g/mol. The molecule has 0 saturated heterocycles. The molecular weight excluding hydrogens is 323 g/mol. The predicted molar refractivity (Wildman–Crippen MR) is 54.1 cm³/mol. The Balaban J connectivity index is 2.54. The van der Waals surface area contributed by atoms with E-state index in [0.717, 1.165) is 5.92 Å². The van der Waals surface area contributed by atoms with E-state index in [1.165, 1.54) is 50.1 Å². The Morgan fingerprint density at radius 3 is 2.69 bits per heavy atom. The first-order chi connectivity index (χ1) is 6.13. The quantitative estimate of drug-likeness (QED) is 0.679. The molecular formula is C12H19Hf. The van der Waals surface area contributed by atoms with Crippen molar-refractivity contribution in [3.8, 4) is 0 Å². The normalized spacial score (nSPS) is 17.0. The van der Waals surface area contributed by atoms with Gasteiger partial charge in [-0.25, -0.2) is 0 Å². The van der Waals surface area contributed by atoms with Gasteiger partial charge in [0.1, 0.15) is 0 Å². The Morgan fingerprint density at radius 1 is 1.46 bits per heavy atom. The molecule has 1 aliphatic carbocycles. The molecule has 1 aliphatic rings. The molecule has 0 aromatic rings. The van der Waals surface area contributed by atoms with Gasteiger partial charge in [-0.15, -0.1) is 0 Å². The number of hydrogen-bond acceptors (Lipinski definition) is 0. The van der Waals surface area contributed by atoms with Crippen LogP contribution in [0.4, 0.5) is 0 Å². The molecule has 0 aromatic heterocycles. The van der Waals surface area contributed by atoms with Crippen LogP contribution in [-0.4, -0.2) is 0 Å². The third-order valence-electron chi connectivity index (χ3n) is 2.36. The van der Waals surface area contributed by atoms with Crippen LogP contribution in [0.5, 0.6) is 0 Å². The van der Waals surface area contributed by atoms with Gasteiger partial charge in [0, 0.05) is 0 Å². The van der Waals surface area contributed by atoms with Crippen molar-refractivity contribution >= 4 is 0 Å². The van der Waals surface area contributed by atoms with E-state index in [2.05, 4.69) is 26.8 Å². The fourth-order valence-corrected chi connectivity index (χ4v) is 3.40. The van der Waals surface area contributed by atoms with Crippen LogP contribution in [0.3, 0.4) is 0 Å². The Bertz CT molecular complexity index is 234. The van der Waals surface area contributed by atoms with Crippen molar-refractivity contribution in [3.05, 3.63) is 20.6 Å². The summed E-state index contributed by atoms with van der Waals surface area (Å²) in [7, 11) is 0. The average molecular weight is 342 g/mol. The van der Waals surface area contributed by atoms with Crippen LogP contribution in [-0.2, 0) is 24.4 Å². The Hall–Kier alpha value is 0.350. The molecule has 0 amide bonds. The standard InChI is InChI=1S/C12H19.Hf/c1-4-5-11-6-7-12(9-11)8-10(2)3;/h9-10H,4-5,7-8H2,1-3H3;. The van der Waals surface area contributed by atoms with E-state index in [0.29, 0.717) is 0 Å². The van der Waals surface area contributed by atoms with E-state index in [1.54, 1.807) is 14.5 Å². The van der Waals surface area contributed by atoms with Crippen LogP contribution in [0, 0.1) is 5.92 Å². The summed E-state index contributed by atoms with van der Waals surface area (Å²) < 4.78 is 1.75. The molecule has 0 radical (unpaired) electrons. The molecule has 13 heavy (non-hydrogen) atoms. The maximum absolute atomic E-state index is 2.48. The van der Waals surface area contributed by atoms with Crippen LogP contribution in [0.1, 0.15) is 46.5 Å². The number of rotatable bonds is 4. The molecule has 0 aromatic carbocycles. The van der Waals surface area contributed by atoms with Crippen molar-refractivity contribution in [2.75, 3.05) is 0 Å². The van der Waals surface area contributed by atoms with Crippen molar-refractivity contribution < 1.29 is 24.4 Å². The minimum absolute atomic E-state index is 0.821. The molecule has 0 spiro atoms. The zero-order valence-corrected chi connectivity index (χ0v) is 12.6. The summed E-state index contributed by atoms with van der Waals surface area (Å²) in [6.45, 7) is 6.90. The fourth-order valence-electron chi connectivity index (χ4n) is 1.87. The molecule has 0 atom stereocenters. The van der Waals surface area contributed by atoms with Crippen molar-refractivity contribution in [1.82, 2.24) is 0 Å². The van der Waals surface area contributed by atoms with Gasteiger partial charge < -0.3 is 0 Å². The molecule has 0 unspecified atom stereocenters. The summed E-state index contributed by atoms with van der Waals surface area (Å²) in [4.78, 5) is 0. The predicted octanol–water partition coefficient (Wildman–Crippen LogP) is 3.96. The molecule has 0 fully saturated rings. The van der Waals surface area contributed by atoms with Crippen LogP contribution in [0.2, 0.25) is 0 Å². The van der Waals surface area contributed by atoms with E-state index >= 15 is 0 Å². The van der Waals surface area contributed by atoms with E-state index in [4.69, 9.17) is 0 Å². The van der Waals surface area contributed by atoms with Gasteiger partial charge in [0.2, 0.25) is 0 Å². The first-order valence-corrected chi connectivity index (χ1v) is 7.06. The summed E-state index contributed by atoms with van der Waals surface area (Å²) >= 11 is 1.27. The molecule has 0 nitrogen and oxygen atoms in total. The Kier molecular flexibility index (Phi) is 4.64. The van der Waals surface area contributed by atoms with Crippen molar-refractivity contribution in [3.63, 3.8) is 0 Å². The molecule has 0 aliphatic heterocycles. The Morgan fingerprint density at radius 2 is 2.15 bits per heavy atom. The van der Waals surface area contributed by atoms with Crippen molar-refractivity contribution in [2.45, 2.75) is 46.5 Å². The maximum atomic E-state index is 2.48. The van der Waals surface area contributed by atoms with Crippen LogP contribution in [0.25, 0.3) is 0 Å². The van der Waals surface area contributed by atoms with E-state index in [1.807, 2.05) is 0 Å². The van der Waals surface area contributed by atoms with E-state index < -0.39 is 0 Å². The van der Waals surface area contributed by atoms with Gasteiger partial charge in [-0.1, -0.05) is 0 Å². The van der Waals surface area contributed by atoms with Gasteiger partial charge in [0.05, 0.1) is 0 Å². The van der Waals surface area contributed by atoms with Crippen LogP contribution in [0.15, 0.2) is 20.6 Å². The summed E-state index contributed by atoms with van der Waals surface area (Å²) in [5.74, 6) is 0.821. The molecule has 0 heterocycles. The summed E-state index contributed by atoms with van der Waals surface area (Å²) in [6.07, 6.45) is 7.69. The molecule has 71 valence electrons. The molecule has 1 heteroatoms. The van der Waals surface area contributed by atoms with Gasteiger partial charge in [-0.3, -0.25) is 0 Å². The number of allylic oxidation sites excluding steroid dienone is 4. The van der Waals surface area contributed by atoms with Gasteiger partial charge >= 0.3 is 97.3 Å². The van der Waals surface area contributed by atoms with Gasteiger partial charge in [-0.2, -0.15) is 0 Å². The van der Waals surface area contributed by atoms with Gasteiger partial charge in [0.15, 0.2) is 0 Å². The van der Waals surface area contributed by atoms with Gasteiger partial charge in [-0.05, 0) is 0 Å². The second kappa shape index (κ2) is 5.29. The van der Waals surface area contributed by atoms with E-state index in [9.17, 15) is 0 Å². The fraction of sp³-hybridized carbons (Fsp3) is 0.667. The third-order valence-corrected chi connectivity index (χ3v) is 4.15. The van der Waals surface area contributed by atoms with Crippen molar-refractivity contribution in [1.29, 1.82) is 0 Å². The Labute approximate surface area is 97.1 Å². The first-order valence-electron chi connectivity index (χ1n) is 5.26. The average Bonchev–Trinajstić information content (AvgIpc) is 2.31. The summed E-state index contributed by atoms with van der Waals surface area (Å²) in [6, 6.07) is 0. The zero-order valence-electron chi connectivity index (χ0n) is 8.98.